The van der Waals surface area contributed by atoms with Crippen LogP contribution in [-0.2, 0) is 4.79 Å². The molecule has 7 heteroatoms. The van der Waals surface area contributed by atoms with Crippen LogP contribution in [0, 0.1) is 5.92 Å². The van der Waals surface area contributed by atoms with Crippen molar-refractivity contribution in [2.75, 3.05) is 11.9 Å². The number of rotatable bonds is 3. The summed E-state index contributed by atoms with van der Waals surface area (Å²) in [6, 6.07) is 0.374. The number of halogens is 1. The molecule has 106 valence electrons. The summed E-state index contributed by atoms with van der Waals surface area (Å²) in [5, 5.41) is 6.62. The van der Waals surface area contributed by atoms with Crippen molar-refractivity contribution in [3.05, 3.63) is 11.1 Å². The monoisotopic (exact) mass is 303 g/mol. The van der Waals surface area contributed by atoms with E-state index in [2.05, 4.69) is 22.5 Å². The van der Waals surface area contributed by atoms with E-state index in [1.54, 1.807) is 0 Å². The molecule has 2 rings (SSSR count). The number of hydrogen-bond donors (Lipinski definition) is 2. The normalized spacial score (nSPS) is 22.4. The third-order valence-electron chi connectivity index (χ3n) is 3.08. The fourth-order valence-corrected chi connectivity index (χ4v) is 2.79. The molecule has 1 aromatic heterocycles. The molecule has 1 fully saturated rings. The van der Waals surface area contributed by atoms with Gasteiger partial charge in [-0.15, -0.1) is 12.4 Å². The molecule has 2 atom stereocenters. The van der Waals surface area contributed by atoms with E-state index in [0.29, 0.717) is 16.1 Å². The first-order chi connectivity index (χ1) is 8.56. The number of carbonyl (C=O) groups is 2. The van der Waals surface area contributed by atoms with E-state index >= 15 is 0 Å². The van der Waals surface area contributed by atoms with Gasteiger partial charge >= 0.3 is 0 Å². The Kier molecular flexibility index (Phi) is 5.90. The lowest BCUT2D eigenvalue weighted by atomic mass is 9.93. The lowest BCUT2D eigenvalue weighted by Crippen LogP contribution is -2.40. The van der Waals surface area contributed by atoms with E-state index in [1.807, 2.05) is 0 Å². The summed E-state index contributed by atoms with van der Waals surface area (Å²) in [7, 11) is 0. The number of amides is 1. The fourth-order valence-electron chi connectivity index (χ4n) is 2.07. The minimum Gasteiger partial charge on any atom is -0.314 e. The molecule has 0 radical (unpaired) electrons. The van der Waals surface area contributed by atoms with Crippen molar-refractivity contribution in [2.45, 2.75) is 32.7 Å². The molecule has 1 aromatic rings. The van der Waals surface area contributed by atoms with Crippen LogP contribution in [0.15, 0.2) is 6.20 Å². The number of ketones is 1. The highest BCUT2D eigenvalue weighted by Gasteiger charge is 2.25. The summed E-state index contributed by atoms with van der Waals surface area (Å²) in [6.45, 7) is 4.44. The number of nitrogens with zero attached hydrogens (tertiary/aromatic N) is 1. The molecule has 1 aliphatic heterocycles. The maximum Gasteiger partial charge on any atom is 0.229 e. The highest BCUT2D eigenvalue weighted by atomic mass is 35.5. The number of piperidine rings is 1. The number of hydrogen-bond acceptors (Lipinski definition) is 5. The Bertz CT molecular complexity index is 464. The molecule has 2 heterocycles. The van der Waals surface area contributed by atoms with E-state index < -0.39 is 0 Å². The van der Waals surface area contributed by atoms with Gasteiger partial charge in [-0.2, -0.15) is 0 Å². The summed E-state index contributed by atoms with van der Waals surface area (Å²) in [5.74, 6) is 0.0159. The Morgan fingerprint density at radius 1 is 1.53 bits per heavy atom. The van der Waals surface area contributed by atoms with Gasteiger partial charge in [-0.3, -0.25) is 9.59 Å². The SMILES string of the molecule is CC(=O)c1cnc(NC(=O)[C@H]2CCN[C@@H](C)C2)s1.Cl. The predicted octanol–water partition coefficient (Wildman–Crippen LogP) is 2.09. The first-order valence-electron chi connectivity index (χ1n) is 6.07. The van der Waals surface area contributed by atoms with Crippen molar-refractivity contribution < 1.29 is 9.59 Å². The predicted molar refractivity (Wildman–Crippen MR) is 78.2 cm³/mol. The highest BCUT2D eigenvalue weighted by Crippen LogP contribution is 2.22. The van der Waals surface area contributed by atoms with Gasteiger partial charge in [0, 0.05) is 18.9 Å². The molecule has 1 aliphatic rings. The average molecular weight is 304 g/mol. The first kappa shape index (κ1) is 16.1. The van der Waals surface area contributed by atoms with E-state index in [-0.39, 0.29) is 30.0 Å². The van der Waals surface area contributed by atoms with Crippen LogP contribution in [0.2, 0.25) is 0 Å². The third-order valence-corrected chi connectivity index (χ3v) is 4.09. The second-order valence-corrected chi connectivity index (χ2v) is 5.68. The molecular formula is C12H18ClN3O2S. The second-order valence-electron chi connectivity index (χ2n) is 4.65. The molecule has 0 bridgehead atoms. The molecule has 0 saturated carbocycles. The number of carbonyl (C=O) groups excluding carboxylic acids is 2. The van der Waals surface area contributed by atoms with Gasteiger partial charge in [0.15, 0.2) is 10.9 Å². The largest absolute Gasteiger partial charge is 0.314 e. The van der Waals surface area contributed by atoms with Crippen molar-refractivity contribution in [3.63, 3.8) is 0 Å². The van der Waals surface area contributed by atoms with Crippen LogP contribution < -0.4 is 10.6 Å². The van der Waals surface area contributed by atoms with Crippen LogP contribution >= 0.6 is 23.7 Å². The number of anilines is 1. The van der Waals surface area contributed by atoms with Crippen LogP contribution in [0.3, 0.4) is 0 Å². The van der Waals surface area contributed by atoms with E-state index in [9.17, 15) is 9.59 Å². The molecule has 1 saturated heterocycles. The lowest BCUT2D eigenvalue weighted by molar-refractivity contribution is -0.120. The van der Waals surface area contributed by atoms with Gasteiger partial charge in [-0.05, 0) is 26.3 Å². The van der Waals surface area contributed by atoms with Gasteiger partial charge in [0.25, 0.3) is 0 Å². The fraction of sp³-hybridized carbons (Fsp3) is 0.583. The van der Waals surface area contributed by atoms with Crippen molar-refractivity contribution in [1.29, 1.82) is 0 Å². The Morgan fingerprint density at radius 2 is 2.26 bits per heavy atom. The van der Waals surface area contributed by atoms with Gasteiger partial charge in [-0.25, -0.2) is 4.98 Å². The molecule has 2 N–H and O–H groups in total. The van der Waals surface area contributed by atoms with E-state index in [0.717, 1.165) is 19.4 Å². The van der Waals surface area contributed by atoms with Crippen molar-refractivity contribution in [1.82, 2.24) is 10.3 Å². The van der Waals surface area contributed by atoms with Gasteiger partial charge in [0.2, 0.25) is 5.91 Å². The standard InChI is InChI=1S/C12H17N3O2S.ClH/c1-7-5-9(3-4-13-7)11(17)15-12-14-6-10(18-12)8(2)16;/h6-7,9,13H,3-5H2,1-2H3,(H,14,15,17);1H/t7-,9-;/m0./s1. The second kappa shape index (κ2) is 6.98. The minimum absolute atomic E-state index is 0. The molecule has 0 aromatic carbocycles. The molecule has 19 heavy (non-hydrogen) atoms. The lowest BCUT2D eigenvalue weighted by Gasteiger charge is -2.26. The molecular weight excluding hydrogens is 286 g/mol. The molecule has 0 spiro atoms. The minimum atomic E-state index is -0.0245. The van der Waals surface area contributed by atoms with Crippen molar-refractivity contribution >= 4 is 40.6 Å². The first-order valence-corrected chi connectivity index (χ1v) is 6.89. The summed E-state index contributed by atoms with van der Waals surface area (Å²) >= 11 is 1.23. The van der Waals surface area contributed by atoms with Crippen LogP contribution in [0.1, 0.15) is 36.4 Å². The maximum absolute atomic E-state index is 12.0. The van der Waals surface area contributed by atoms with Gasteiger partial charge in [0.1, 0.15) is 0 Å². The number of aromatic nitrogens is 1. The zero-order chi connectivity index (χ0) is 13.1. The Morgan fingerprint density at radius 3 is 2.84 bits per heavy atom. The number of Topliss-reactive ketones (excluding diaryl/α,β-unsaturated/α-hetero) is 1. The topological polar surface area (TPSA) is 71.1 Å². The average Bonchev–Trinajstić information content (AvgIpc) is 2.77. The summed E-state index contributed by atoms with van der Waals surface area (Å²) in [5.41, 5.74) is 0. The molecule has 1 amide bonds. The maximum atomic E-state index is 12.0. The van der Waals surface area contributed by atoms with Crippen molar-refractivity contribution in [2.24, 2.45) is 5.92 Å². The van der Waals surface area contributed by atoms with Crippen LogP contribution in [0.5, 0.6) is 0 Å². The summed E-state index contributed by atoms with van der Waals surface area (Å²) < 4.78 is 0. The van der Waals surface area contributed by atoms with E-state index in [4.69, 9.17) is 0 Å². The van der Waals surface area contributed by atoms with Crippen LogP contribution in [0.25, 0.3) is 0 Å². The van der Waals surface area contributed by atoms with Gasteiger partial charge in [-0.1, -0.05) is 11.3 Å². The Hall–Kier alpha value is -0.980. The van der Waals surface area contributed by atoms with E-state index in [1.165, 1.54) is 24.5 Å². The smallest absolute Gasteiger partial charge is 0.229 e. The van der Waals surface area contributed by atoms with Crippen molar-refractivity contribution in [3.8, 4) is 0 Å². The number of nitrogens with one attached hydrogen (secondary N) is 2. The summed E-state index contributed by atoms with van der Waals surface area (Å²) in [4.78, 5) is 27.8. The quantitative estimate of drug-likeness (QED) is 0.839. The zero-order valence-electron chi connectivity index (χ0n) is 10.9. The molecule has 0 unspecified atom stereocenters. The van der Waals surface area contributed by atoms with Gasteiger partial charge < -0.3 is 10.6 Å². The summed E-state index contributed by atoms with van der Waals surface area (Å²) in [6.07, 6.45) is 3.20. The molecule has 5 nitrogen and oxygen atoms in total. The van der Waals surface area contributed by atoms with Crippen LogP contribution in [0.4, 0.5) is 5.13 Å². The van der Waals surface area contributed by atoms with Gasteiger partial charge in [0.05, 0.1) is 11.1 Å². The highest BCUT2D eigenvalue weighted by molar-refractivity contribution is 7.17. The Labute approximate surface area is 122 Å². The zero-order valence-corrected chi connectivity index (χ0v) is 12.6. The Balaban J connectivity index is 0.00000180. The molecule has 0 aliphatic carbocycles. The van der Waals surface area contributed by atoms with Crippen LogP contribution in [-0.4, -0.2) is 29.3 Å². The third kappa shape index (κ3) is 4.26. The number of thiazole rings is 1.